The number of rotatable bonds is 9. The fraction of sp³-hybridized carbons (Fsp3) is 0.160. The predicted octanol–water partition coefficient (Wildman–Crippen LogP) is 4.69. The van der Waals surface area contributed by atoms with Crippen LogP contribution in [0.1, 0.15) is 17.4 Å². The normalized spacial score (nSPS) is 15.7. The van der Waals surface area contributed by atoms with Gasteiger partial charge in [0.1, 0.15) is 11.5 Å². The minimum atomic E-state index is -0.515. The number of allylic oxidation sites excluding steroid dienone is 2. The summed E-state index contributed by atoms with van der Waals surface area (Å²) in [5.74, 6) is 0.665. The first-order valence-electron chi connectivity index (χ1n) is 10.7. The Balaban J connectivity index is 1.66. The number of nitrogens with zero attached hydrogens (tertiary/aromatic N) is 4. The van der Waals surface area contributed by atoms with Gasteiger partial charge in [0.05, 0.1) is 37.5 Å². The van der Waals surface area contributed by atoms with E-state index in [2.05, 4.69) is 27.2 Å². The second-order valence-electron chi connectivity index (χ2n) is 7.37. The minimum absolute atomic E-state index is 0.0125. The van der Waals surface area contributed by atoms with Crippen LogP contribution in [-0.2, 0) is 11.3 Å². The lowest BCUT2D eigenvalue weighted by Crippen LogP contribution is -2.32. The monoisotopic (exact) mass is 494 g/mol. The van der Waals surface area contributed by atoms with Gasteiger partial charge < -0.3 is 20.1 Å². The first-order chi connectivity index (χ1) is 17.1. The summed E-state index contributed by atoms with van der Waals surface area (Å²) >= 11 is 6.41. The van der Waals surface area contributed by atoms with E-state index >= 15 is 0 Å². The molecule has 1 atom stereocenters. The molecule has 1 aliphatic heterocycles. The number of halogens is 2. The van der Waals surface area contributed by atoms with E-state index in [1.807, 2.05) is 28.9 Å². The van der Waals surface area contributed by atoms with Crippen LogP contribution in [0, 0.1) is 5.82 Å². The van der Waals surface area contributed by atoms with E-state index in [1.165, 1.54) is 19.4 Å². The van der Waals surface area contributed by atoms with E-state index in [4.69, 9.17) is 26.2 Å². The Bertz CT molecular complexity index is 1360. The molecule has 0 saturated heterocycles. The Hall–Kier alpha value is -4.11. The molecule has 10 heteroatoms. The maximum absolute atomic E-state index is 14.0. The molecule has 3 aromatic rings. The lowest BCUT2D eigenvalue weighted by molar-refractivity contribution is 0.300. The first kappa shape index (κ1) is 24.0. The first-order valence-corrected chi connectivity index (χ1v) is 11.0. The molecule has 0 bridgehead atoms. The van der Waals surface area contributed by atoms with Gasteiger partial charge in [0.25, 0.3) is 0 Å². The van der Waals surface area contributed by atoms with Gasteiger partial charge in [-0.3, -0.25) is 14.7 Å². The van der Waals surface area contributed by atoms with Crippen molar-refractivity contribution in [1.82, 2.24) is 20.4 Å². The van der Waals surface area contributed by atoms with Crippen molar-refractivity contribution in [2.45, 2.75) is 12.7 Å². The maximum atomic E-state index is 14.0. The summed E-state index contributed by atoms with van der Waals surface area (Å²) in [5, 5.41) is 12.4. The van der Waals surface area contributed by atoms with Crippen molar-refractivity contribution >= 4 is 34.9 Å². The van der Waals surface area contributed by atoms with Crippen LogP contribution in [-0.4, -0.2) is 36.4 Å². The number of aliphatic imine (C=N–C) groups is 2. The number of hydrogen-bond acceptors (Lipinski definition) is 7. The predicted molar refractivity (Wildman–Crippen MR) is 136 cm³/mol. The summed E-state index contributed by atoms with van der Waals surface area (Å²) in [5.41, 5.74) is 2.28. The SMILES string of the molecule is C=C/N=C\C=C\NC1=C(OC)C=NC(c2nn(Cc3ccc(F)c(OC)c3Cl)c3ccccc23)N1. The van der Waals surface area contributed by atoms with Crippen molar-refractivity contribution in [3.63, 3.8) is 0 Å². The molecule has 0 fully saturated rings. The average Bonchev–Trinajstić information content (AvgIpc) is 3.24. The molecule has 35 heavy (non-hydrogen) atoms. The smallest absolute Gasteiger partial charge is 0.177 e. The zero-order valence-corrected chi connectivity index (χ0v) is 20.0. The van der Waals surface area contributed by atoms with Gasteiger partial charge in [-0.25, -0.2) is 4.39 Å². The largest absolute Gasteiger partial charge is 0.492 e. The average molecular weight is 495 g/mol. The van der Waals surface area contributed by atoms with Crippen LogP contribution < -0.4 is 15.4 Å². The van der Waals surface area contributed by atoms with Crippen molar-refractivity contribution < 1.29 is 13.9 Å². The summed E-state index contributed by atoms with van der Waals surface area (Å²) in [7, 11) is 2.95. The highest BCUT2D eigenvalue weighted by Crippen LogP contribution is 2.33. The van der Waals surface area contributed by atoms with E-state index in [9.17, 15) is 4.39 Å². The van der Waals surface area contributed by atoms with E-state index in [-0.39, 0.29) is 10.8 Å². The molecule has 0 saturated carbocycles. The number of hydrogen-bond donors (Lipinski definition) is 2. The van der Waals surface area contributed by atoms with Gasteiger partial charge in [0.15, 0.2) is 23.5 Å². The van der Waals surface area contributed by atoms with Crippen molar-refractivity contribution in [1.29, 1.82) is 0 Å². The Morgan fingerprint density at radius 3 is 2.86 bits per heavy atom. The number of fused-ring (bicyclic) bond motifs is 1. The van der Waals surface area contributed by atoms with E-state index in [0.717, 1.165) is 10.9 Å². The van der Waals surface area contributed by atoms with Gasteiger partial charge in [0, 0.05) is 24.0 Å². The molecule has 2 N–H and O–H groups in total. The third kappa shape index (κ3) is 5.04. The second kappa shape index (κ2) is 10.9. The molecule has 180 valence electrons. The summed E-state index contributed by atoms with van der Waals surface area (Å²) in [6.07, 6.45) is 7.66. The summed E-state index contributed by atoms with van der Waals surface area (Å²) < 4.78 is 26.4. The summed E-state index contributed by atoms with van der Waals surface area (Å²) in [6.45, 7) is 3.86. The standard InChI is InChI=1S/C25H24ClFN6O2/c1-4-28-12-7-13-29-24-20(34-2)14-30-25(31-24)22-17-8-5-6-9-19(17)33(32-22)15-16-10-11-18(27)23(35-3)21(16)26/h4-14,25,29,31H,1,15H2,2-3H3/b13-7+,28-12-. The van der Waals surface area contributed by atoms with E-state index < -0.39 is 12.0 Å². The number of nitrogens with one attached hydrogen (secondary N) is 2. The molecule has 8 nitrogen and oxygen atoms in total. The van der Waals surface area contributed by atoms with Gasteiger partial charge in [-0.1, -0.05) is 42.4 Å². The lowest BCUT2D eigenvalue weighted by atomic mass is 10.1. The van der Waals surface area contributed by atoms with Crippen LogP contribution in [0.4, 0.5) is 4.39 Å². The molecule has 1 aliphatic rings. The molecule has 0 amide bonds. The molecule has 4 rings (SSSR count). The van der Waals surface area contributed by atoms with Crippen LogP contribution in [0.15, 0.2) is 83.0 Å². The number of para-hydroxylation sites is 1. The molecule has 0 aliphatic carbocycles. The quantitative estimate of drug-likeness (QED) is 0.421. The van der Waals surface area contributed by atoms with Crippen molar-refractivity contribution in [3.8, 4) is 5.75 Å². The van der Waals surface area contributed by atoms with E-state index in [0.29, 0.717) is 29.4 Å². The summed E-state index contributed by atoms with van der Waals surface area (Å²) in [4.78, 5) is 8.51. The minimum Gasteiger partial charge on any atom is -0.492 e. The number of benzene rings is 2. The topological polar surface area (TPSA) is 85.1 Å². The Labute approximate surface area is 207 Å². The van der Waals surface area contributed by atoms with Gasteiger partial charge in [-0.2, -0.15) is 5.10 Å². The second-order valence-corrected chi connectivity index (χ2v) is 7.74. The highest BCUT2D eigenvalue weighted by Gasteiger charge is 2.24. The Morgan fingerprint density at radius 2 is 2.09 bits per heavy atom. The van der Waals surface area contributed by atoms with Crippen molar-refractivity contribution in [2.24, 2.45) is 9.98 Å². The van der Waals surface area contributed by atoms with Gasteiger partial charge >= 0.3 is 0 Å². The van der Waals surface area contributed by atoms with Gasteiger partial charge in [-0.15, -0.1) is 0 Å². The highest BCUT2D eigenvalue weighted by molar-refractivity contribution is 6.32. The molecular weight excluding hydrogens is 471 g/mol. The van der Waals surface area contributed by atoms with Gasteiger partial charge in [-0.05, 0) is 23.8 Å². The number of ether oxygens (including phenoxy) is 2. The number of methoxy groups -OCH3 is 2. The highest BCUT2D eigenvalue weighted by atomic mass is 35.5. The Kier molecular flexibility index (Phi) is 7.47. The van der Waals surface area contributed by atoms with E-state index in [1.54, 1.807) is 37.9 Å². The van der Waals surface area contributed by atoms with Gasteiger partial charge in [0.2, 0.25) is 0 Å². The molecule has 1 aromatic heterocycles. The van der Waals surface area contributed by atoms with Crippen LogP contribution in [0.2, 0.25) is 5.02 Å². The molecule has 2 aromatic carbocycles. The third-order valence-corrected chi connectivity index (χ3v) is 5.70. The zero-order valence-electron chi connectivity index (χ0n) is 19.2. The maximum Gasteiger partial charge on any atom is 0.177 e. The Morgan fingerprint density at radius 1 is 1.26 bits per heavy atom. The fourth-order valence-electron chi connectivity index (χ4n) is 3.66. The van der Waals surface area contributed by atoms with Crippen LogP contribution >= 0.6 is 11.6 Å². The molecule has 0 radical (unpaired) electrons. The van der Waals surface area contributed by atoms with Crippen LogP contribution in [0.3, 0.4) is 0 Å². The molecule has 1 unspecified atom stereocenters. The summed E-state index contributed by atoms with van der Waals surface area (Å²) in [6, 6.07) is 10.8. The van der Waals surface area contributed by atoms with Crippen molar-refractivity contribution in [2.75, 3.05) is 14.2 Å². The molecule has 0 spiro atoms. The lowest BCUT2D eigenvalue weighted by Gasteiger charge is -2.22. The molecule has 2 heterocycles. The van der Waals surface area contributed by atoms with Crippen LogP contribution in [0.25, 0.3) is 10.9 Å². The zero-order chi connectivity index (χ0) is 24.8. The van der Waals surface area contributed by atoms with Crippen molar-refractivity contribution in [3.05, 3.63) is 95.1 Å². The fourth-order valence-corrected chi connectivity index (χ4v) is 3.95. The third-order valence-electron chi connectivity index (χ3n) is 5.29. The molecular formula is C25H24ClFN6O2. The van der Waals surface area contributed by atoms with Crippen LogP contribution in [0.5, 0.6) is 5.75 Å². The number of aromatic nitrogens is 2.